The van der Waals surface area contributed by atoms with Gasteiger partial charge in [-0.05, 0) is 30.0 Å². The number of hydrogen-bond donors (Lipinski definition) is 3. The van der Waals surface area contributed by atoms with Crippen molar-refractivity contribution in [1.82, 2.24) is 10.6 Å². The molecule has 0 saturated heterocycles. The molecule has 0 aromatic carbocycles. The normalized spacial score (nSPS) is 12.5. The molecule has 0 radical (unpaired) electrons. The van der Waals surface area contributed by atoms with Crippen molar-refractivity contribution in [2.45, 2.75) is 32.4 Å². The molecule has 3 N–H and O–H groups in total. The molecule has 1 atom stereocenters. The molecule has 0 amide bonds. The lowest BCUT2D eigenvalue weighted by atomic mass is 10.2. The van der Waals surface area contributed by atoms with E-state index in [9.17, 15) is 5.11 Å². The summed E-state index contributed by atoms with van der Waals surface area (Å²) in [6.45, 7) is 3.49. The minimum Gasteiger partial charge on any atom is -0.469 e. The Morgan fingerprint density at radius 3 is 2.87 bits per heavy atom. The molecule has 0 fully saturated rings. The topological polar surface area (TPSA) is 69.8 Å². The molecule has 2 rings (SSSR count). The van der Waals surface area contributed by atoms with Crippen LogP contribution in [0.25, 0.3) is 0 Å². The molecular formula is C16H24IN3O2S. The van der Waals surface area contributed by atoms with E-state index < -0.39 is 0 Å². The molecule has 128 valence electrons. The monoisotopic (exact) mass is 449 g/mol. The van der Waals surface area contributed by atoms with Crippen LogP contribution in [0.1, 0.15) is 24.0 Å². The summed E-state index contributed by atoms with van der Waals surface area (Å²) in [7, 11) is 0. The minimum absolute atomic E-state index is 0. The molecule has 23 heavy (non-hydrogen) atoms. The number of nitrogens with zero attached hydrogens (tertiary/aromatic N) is 1. The van der Waals surface area contributed by atoms with Gasteiger partial charge in [0, 0.05) is 17.8 Å². The van der Waals surface area contributed by atoms with E-state index in [0.29, 0.717) is 6.54 Å². The fraction of sp³-hybridized carbons (Fsp3) is 0.438. The van der Waals surface area contributed by atoms with Crippen molar-refractivity contribution >= 4 is 41.3 Å². The molecule has 2 aromatic heterocycles. The van der Waals surface area contributed by atoms with Crippen LogP contribution in [-0.4, -0.2) is 30.3 Å². The third-order valence-corrected chi connectivity index (χ3v) is 4.13. The highest BCUT2D eigenvalue weighted by molar-refractivity contribution is 14.0. The number of hydrogen-bond acceptors (Lipinski definition) is 4. The number of halogens is 1. The zero-order chi connectivity index (χ0) is 15.6. The molecule has 0 aliphatic heterocycles. The highest BCUT2D eigenvalue weighted by Crippen LogP contribution is 2.09. The summed E-state index contributed by atoms with van der Waals surface area (Å²) in [5.41, 5.74) is 0. The highest BCUT2D eigenvalue weighted by Gasteiger charge is 2.07. The Morgan fingerprint density at radius 2 is 2.26 bits per heavy atom. The predicted molar refractivity (Wildman–Crippen MR) is 106 cm³/mol. The highest BCUT2D eigenvalue weighted by atomic mass is 127. The van der Waals surface area contributed by atoms with Crippen LogP contribution in [0, 0.1) is 0 Å². The molecule has 0 saturated carbocycles. The van der Waals surface area contributed by atoms with Gasteiger partial charge in [-0.1, -0.05) is 13.0 Å². The summed E-state index contributed by atoms with van der Waals surface area (Å²) in [5, 5.41) is 17.9. The van der Waals surface area contributed by atoms with Crippen molar-refractivity contribution in [1.29, 1.82) is 0 Å². The van der Waals surface area contributed by atoms with Gasteiger partial charge >= 0.3 is 0 Å². The lowest BCUT2D eigenvalue weighted by Gasteiger charge is -2.18. The van der Waals surface area contributed by atoms with Gasteiger partial charge in [0.2, 0.25) is 0 Å². The Labute approximate surface area is 158 Å². The van der Waals surface area contributed by atoms with Crippen LogP contribution >= 0.6 is 35.3 Å². The van der Waals surface area contributed by atoms with Crippen LogP contribution in [-0.2, 0) is 13.0 Å². The third kappa shape index (κ3) is 7.36. The maximum Gasteiger partial charge on any atom is 0.191 e. The van der Waals surface area contributed by atoms with Crippen molar-refractivity contribution in [3.8, 4) is 0 Å². The van der Waals surface area contributed by atoms with E-state index in [-0.39, 0.29) is 36.6 Å². The molecule has 0 aliphatic rings. The first kappa shape index (κ1) is 20.0. The first-order chi connectivity index (χ1) is 10.8. The van der Waals surface area contributed by atoms with Gasteiger partial charge in [-0.3, -0.25) is 0 Å². The summed E-state index contributed by atoms with van der Waals surface area (Å²) in [6, 6.07) is 7.95. The molecule has 2 aromatic rings. The van der Waals surface area contributed by atoms with E-state index in [0.717, 1.165) is 31.1 Å². The Kier molecular flexibility index (Phi) is 9.97. The van der Waals surface area contributed by atoms with Crippen LogP contribution in [0.5, 0.6) is 0 Å². The summed E-state index contributed by atoms with van der Waals surface area (Å²) in [4.78, 5) is 5.80. The average Bonchev–Trinajstić information content (AvgIpc) is 3.22. The number of rotatable bonds is 8. The van der Waals surface area contributed by atoms with Gasteiger partial charge in [-0.25, -0.2) is 4.99 Å². The van der Waals surface area contributed by atoms with Gasteiger partial charge in [-0.15, -0.1) is 35.3 Å². The first-order valence-electron chi connectivity index (χ1n) is 7.52. The number of aliphatic hydroxyl groups excluding tert-OH is 1. The molecule has 0 unspecified atom stereocenters. The van der Waals surface area contributed by atoms with Gasteiger partial charge < -0.3 is 20.2 Å². The Balaban J connectivity index is 0.00000264. The quantitative estimate of drug-likeness (QED) is 0.329. The van der Waals surface area contributed by atoms with Gasteiger partial charge in [-0.2, -0.15) is 0 Å². The van der Waals surface area contributed by atoms with E-state index >= 15 is 0 Å². The Morgan fingerprint density at radius 1 is 1.39 bits per heavy atom. The molecule has 7 heteroatoms. The summed E-state index contributed by atoms with van der Waals surface area (Å²) >= 11 is 1.69. The SMILES string of the molecule is CC[C@H](CO)NC(=NCc1cccs1)NCCc1ccco1.I. The largest absolute Gasteiger partial charge is 0.469 e. The van der Waals surface area contributed by atoms with Crippen molar-refractivity contribution in [3.05, 3.63) is 46.5 Å². The molecule has 0 bridgehead atoms. The van der Waals surface area contributed by atoms with E-state index in [4.69, 9.17) is 4.42 Å². The van der Waals surface area contributed by atoms with Gasteiger partial charge in [0.25, 0.3) is 0 Å². The second kappa shape index (κ2) is 11.5. The lowest BCUT2D eigenvalue weighted by Crippen LogP contribution is -2.45. The fourth-order valence-electron chi connectivity index (χ4n) is 1.94. The molecule has 5 nitrogen and oxygen atoms in total. The van der Waals surface area contributed by atoms with E-state index in [1.54, 1.807) is 17.6 Å². The number of furan rings is 1. The van der Waals surface area contributed by atoms with Gasteiger partial charge in [0.15, 0.2) is 5.96 Å². The zero-order valence-corrected chi connectivity index (χ0v) is 16.3. The standard InChI is InChI=1S/C16H23N3O2S.HI/c1-2-13(12-20)19-16(18-11-15-6-4-10-22-15)17-8-7-14-5-3-9-21-14;/h3-6,9-10,13,20H,2,7-8,11-12H2,1H3,(H2,17,18,19);1H/t13-;/m1./s1. The Hall–Kier alpha value is -1.06. The van der Waals surface area contributed by atoms with E-state index in [1.807, 2.05) is 30.5 Å². The second-order valence-electron chi connectivity index (χ2n) is 4.93. The third-order valence-electron chi connectivity index (χ3n) is 3.27. The summed E-state index contributed by atoms with van der Waals surface area (Å²) < 4.78 is 5.32. The average molecular weight is 449 g/mol. The second-order valence-corrected chi connectivity index (χ2v) is 5.96. The molecule has 2 heterocycles. The van der Waals surface area contributed by atoms with Crippen LogP contribution < -0.4 is 10.6 Å². The fourth-order valence-corrected chi connectivity index (χ4v) is 2.57. The van der Waals surface area contributed by atoms with Crippen molar-refractivity contribution < 1.29 is 9.52 Å². The smallest absolute Gasteiger partial charge is 0.191 e. The van der Waals surface area contributed by atoms with Gasteiger partial charge in [0.1, 0.15) is 5.76 Å². The van der Waals surface area contributed by atoms with Crippen LogP contribution in [0.2, 0.25) is 0 Å². The maximum atomic E-state index is 9.34. The van der Waals surface area contributed by atoms with Crippen molar-refractivity contribution in [2.24, 2.45) is 4.99 Å². The maximum absolute atomic E-state index is 9.34. The number of aliphatic hydroxyl groups is 1. The van der Waals surface area contributed by atoms with E-state index in [2.05, 4.69) is 21.7 Å². The van der Waals surface area contributed by atoms with Gasteiger partial charge in [0.05, 0.1) is 25.5 Å². The molecule has 0 spiro atoms. The Bertz CT molecular complexity index is 540. The van der Waals surface area contributed by atoms with Crippen molar-refractivity contribution in [2.75, 3.05) is 13.2 Å². The summed E-state index contributed by atoms with van der Waals surface area (Å²) in [6.07, 6.45) is 3.31. The van der Waals surface area contributed by atoms with Crippen LogP contribution in [0.4, 0.5) is 0 Å². The first-order valence-corrected chi connectivity index (χ1v) is 8.40. The summed E-state index contributed by atoms with van der Waals surface area (Å²) in [5.74, 6) is 1.67. The van der Waals surface area contributed by atoms with Crippen molar-refractivity contribution in [3.63, 3.8) is 0 Å². The van der Waals surface area contributed by atoms with E-state index in [1.165, 1.54) is 4.88 Å². The zero-order valence-electron chi connectivity index (χ0n) is 13.2. The number of guanidine groups is 1. The molecular weight excluding hydrogens is 425 g/mol. The number of aliphatic imine (C=N–C) groups is 1. The lowest BCUT2D eigenvalue weighted by molar-refractivity contribution is 0.251. The number of thiophene rings is 1. The van der Waals surface area contributed by atoms with Crippen LogP contribution in [0.15, 0.2) is 45.3 Å². The number of nitrogens with one attached hydrogen (secondary N) is 2. The predicted octanol–water partition coefficient (Wildman–Crippen LogP) is 3.01. The van der Waals surface area contributed by atoms with Crippen LogP contribution in [0.3, 0.4) is 0 Å². The minimum atomic E-state index is 0. The molecule has 0 aliphatic carbocycles.